The minimum absolute atomic E-state index is 0.0992. The van der Waals surface area contributed by atoms with Crippen LogP contribution in [0.4, 0.5) is 0 Å². The van der Waals surface area contributed by atoms with Gasteiger partial charge in [-0.25, -0.2) is 0 Å². The molecule has 2 aromatic rings. The molecule has 3 N–H and O–H groups in total. The van der Waals surface area contributed by atoms with Gasteiger partial charge in [-0.2, -0.15) is 0 Å². The molecule has 0 saturated carbocycles. The van der Waals surface area contributed by atoms with Gasteiger partial charge in [-0.05, 0) is 36.9 Å². The zero-order valence-corrected chi connectivity index (χ0v) is 11.1. The molecule has 1 saturated heterocycles. The third-order valence-electron chi connectivity index (χ3n) is 3.63. The smallest absolute Gasteiger partial charge is 0.261 e. The topological polar surface area (TPSA) is 74.0 Å². The molecule has 0 radical (unpaired) electrons. The lowest BCUT2D eigenvalue weighted by molar-refractivity contribution is 0.0929. The second-order valence-electron chi connectivity index (χ2n) is 5.12. The molecule has 1 aliphatic rings. The van der Waals surface area contributed by atoms with Gasteiger partial charge in [0, 0.05) is 18.1 Å². The van der Waals surface area contributed by atoms with Crippen molar-refractivity contribution >= 4 is 16.8 Å². The number of carbonyl (C=O) groups is 1. The summed E-state index contributed by atoms with van der Waals surface area (Å²) in [5.41, 5.74) is 0.577. The Labute approximate surface area is 116 Å². The predicted octanol–water partition coefficient (Wildman–Crippen LogP) is 1.01. The molecule has 1 aliphatic heterocycles. The van der Waals surface area contributed by atoms with E-state index in [-0.39, 0.29) is 23.1 Å². The van der Waals surface area contributed by atoms with Crippen molar-refractivity contribution in [2.45, 2.75) is 18.9 Å². The van der Waals surface area contributed by atoms with Crippen LogP contribution in [-0.4, -0.2) is 30.0 Å². The van der Waals surface area contributed by atoms with Crippen molar-refractivity contribution in [1.82, 2.24) is 15.6 Å². The van der Waals surface area contributed by atoms with E-state index in [0.29, 0.717) is 0 Å². The van der Waals surface area contributed by atoms with Gasteiger partial charge in [0.2, 0.25) is 0 Å². The molecule has 0 spiro atoms. The molecular formula is C15H17N3O2. The second kappa shape index (κ2) is 5.46. The number of pyridine rings is 1. The van der Waals surface area contributed by atoms with E-state index in [4.69, 9.17) is 0 Å². The summed E-state index contributed by atoms with van der Waals surface area (Å²) in [5.74, 6) is -0.300. The quantitative estimate of drug-likeness (QED) is 0.763. The Hall–Kier alpha value is -2.14. The van der Waals surface area contributed by atoms with Crippen molar-refractivity contribution in [2.24, 2.45) is 0 Å². The number of aromatic nitrogens is 1. The van der Waals surface area contributed by atoms with Crippen LogP contribution in [-0.2, 0) is 0 Å². The molecule has 0 unspecified atom stereocenters. The molecule has 1 aromatic heterocycles. The van der Waals surface area contributed by atoms with Gasteiger partial charge in [0.1, 0.15) is 5.56 Å². The third kappa shape index (κ3) is 2.58. The summed E-state index contributed by atoms with van der Waals surface area (Å²) in [6.45, 7) is 1.75. The van der Waals surface area contributed by atoms with E-state index < -0.39 is 0 Å². The van der Waals surface area contributed by atoms with Crippen molar-refractivity contribution in [2.75, 3.05) is 13.1 Å². The number of para-hydroxylation sites is 1. The lowest BCUT2D eigenvalue weighted by atomic mass is 10.1. The largest absolute Gasteiger partial charge is 0.348 e. The molecule has 20 heavy (non-hydrogen) atoms. The fourth-order valence-electron chi connectivity index (χ4n) is 2.55. The van der Waals surface area contributed by atoms with Crippen molar-refractivity contribution in [3.63, 3.8) is 0 Å². The van der Waals surface area contributed by atoms with Crippen molar-refractivity contribution in [3.05, 3.63) is 46.2 Å². The highest BCUT2D eigenvalue weighted by atomic mass is 16.2. The number of carbonyl (C=O) groups excluding carboxylic acids is 1. The van der Waals surface area contributed by atoms with Crippen LogP contribution in [0.15, 0.2) is 35.1 Å². The monoisotopic (exact) mass is 271 g/mol. The van der Waals surface area contributed by atoms with Crippen LogP contribution in [0.1, 0.15) is 23.2 Å². The maximum atomic E-state index is 12.2. The summed E-state index contributed by atoms with van der Waals surface area (Å²) in [4.78, 5) is 26.9. The Morgan fingerprint density at radius 1 is 1.30 bits per heavy atom. The van der Waals surface area contributed by atoms with Gasteiger partial charge in [0.05, 0.1) is 0 Å². The van der Waals surface area contributed by atoms with E-state index in [0.717, 1.165) is 36.8 Å². The molecule has 0 bridgehead atoms. The first-order valence-electron chi connectivity index (χ1n) is 6.88. The maximum Gasteiger partial charge on any atom is 0.261 e. The van der Waals surface area contributed by atoms with E-state index >= 15 is 0 Å². The van der Waals surface area contributed by atoms with Crippen LogP contribution in [0.2, 0.25) is 0 Å². The standard InChI is InChI=1S/C15H17N3O2/c19-14(17-11-5-3-7-16-9-11)12-8-10-4-1-2-6-13(10)18-15(12)20/h1-2,4,6,8,11,16H,3,5,7,9H2,(H,17,19)(H,18,20)/t11-/m0/s1. The van der Waals surface area contributed by atoms with Gasteiger partial charge in [-0.3, -0.25) is 9.59 Å². The third-order valence-corrected chi connectivity index (χ3v) is 3.63. The lowest BCUT2D eigenvalue weighted by Gasteiger charge is -2.23. The molecule has 1 aromatic carbocycles. The number of hydrogen-bond donors (Lipinski definition) is 3. The molecule has 1 amide bonds. The number of fused-ring (bicyclic) bond motifs is 1. The normalized spacial score (nSPS) is 18.9. The maximum absolute atomic E-state index is 12.2. The summed E-state index contributed by atoms with van der Waals surface area (Å²) in [7, 11) is 0. The summed E-state index contributed by atoms with van der Waals surface area (Å²) < 4.78 is 0. The van der Waals surface area contributed by atoms with Crippen molar-refractivity contribution in [1.29, 1.82) is 0 Å². The summed E-state index contributed by atoms with van der Waals surface area (Å²) >= 11 is 0. The first-order valence-corrected chi connectivity index (χ1v) is 6.88. The molecule has 3 rings (SSSR count). The van der Waals surface area contributed by atoms with E-state index in [2.05, 4.69) is 15.6 Å². The zero-order valence-electron chi connectivity index (χ0n) is 11.1. The highest BCUT2D eigenvalue weighted by Crippen LogP contribution is 2.10. The Balaban J connectivity index is 1.87. The molecule has 5 nitrogen and oxygen atoms in total. The number of H-pyrrole nitrogens is 1. The van der Waals surface area contributed by atoms with E-state index in [9.17, 15) is 9.59 Å². The number of hydrogen-bond acceptors (Lipinski definition) is 3. The van der Waals surface area contributed by atoms with Crippen LogP contribution in [0.5, 0.6) is 0 Å². The van der Waals surface area contributed by atoms with Crippen LogP contribution >= 0.6 is 0 Å². The highest BCUT2D eigenvalue weighted by Gasteiger charge is 2.18. The molecule has 1 fully saturated rings. The lowest BCUT2D eigenvalue weighted by Crippen LogP contribution is -2.46. The number of rotatable bonds is 2. The minimum atomic E-state index is -0.343. The van der Waals surface area contributed by atoms with E-state index in [1.807, 2.05) is 24.3 Å². The predicted molar refractivity (Wildman–Crippen MR) is 77.9 cm³/mol. The summed E-state index contributed by atoms with van der Waals surface area (Å²) in [6.07, 6.45) is 1.99. The highest BCUT2D eigenvalue weighted by molar-refractivity contribution is 5.97. The molecule has 104 valence electrons. The second-order valence-corrected chi connectivity index (χ2v) is 5.12. The van der Waals surface area contributed by atoms with Crippen molar-refractivity contribution < 1.29 is 4.79 Å². The van der Waals surface area contributed by atoms with Crippen molar-refractivity contribution in [3.8, 4) is 0 Å². The van der Waals surface area contributed by atoms with Crippen LogP contribution in [0, 0.1) is 0 Å². The van der Waals surface area contributed by atoms with E-state index in [1.54, 1.807) is 6.07 Å². The number of piperidine rings is 1. The number of aromatic amines is 1. The molecule has 0 aliphatic carbocycles. The van der Waals surface area contributed by atoms with Gasteiger partial charge in [0.15, 0.2) is 0 Å². The minimum Gasteiger partial charge on any atom is -0.348 e. The Bertz CT molecular complexity index is 687. The average Bonchev–Trinajstić information content (AvgIpc) is 2.47. The fourth-order valence-corrected chi connectivity index (χ4v) is 2.55. The van der Waals surface area contributed by atoms with E-state index in [1.165, 1.54) is 0 Å². The number of amides is 1. The Kier molecular flexibility index (Phi) is 3.52. The Morgan fingerprint density at radius 3 is 2.95 bits per heavy atom. The van der Waals surface area contributed by atoms with Gasteiger partial charge >= 0.3 is 0 Å². The summed E-state index contributed by atoms with van der Waals surface area (Å²) in [6, 6.07) is 9.19. The SMILES string of the molecule is O=C(N[C@H]1CCCNC1)c1cc2ccccc2[nH]c1=O. The zero-order chi connectivity index (χ0) is 13.9. The summed E-state index contributed by atoms with van der Waals surface area (Å²) in [5, 5.41) is 7.01. The van der Waals surface area contributed by atoms with Gasteiger partial charge in [0.25, 0.3) is 11.5 Å². The number of benzene rings is 1. The first-order chi connectivity index (χ1) is 9.74. The van der Waals surface area contributed by atoms with Gasteiger partial charge in [-0.1, -0.05) is 18.2 Å². The molecular weight excluding hydrogens is 254 g/mol. The first kappa shape index (κ1) is 12.9. The average molecular weight is 271 g/mol. The van der Waals surface area contributed by atoms with Gasteiger partial charge < -0.3 is 15.6 Å². The van der Waals surface area contributed by atoms with Crippen LogP contribution < -0.4 is 16.2 Å². The van der Waals surface area contributed by atoms with Gasteiger partial charge in [-0.15, -0.1) is 0 Å². The fraction of sp³-hybridized carbons (Fsp3) is 0.333. The number of nitrogens with one attached hydrogen (secondary N) is 3. The molecule has 5 heteroatoms. The van der Waals surface area contributed by atoms with Crippen LogP contribution in [0.25, 0.3) is 10.9 Å². The molecule has 1 atom stereocenters. The molecule has 2 heterocycles. The van der Waals surface area contributed by atoms with Crippen LogP contribution in [0.3, 0.4) is 0 Å². The Morgan fingerprint density at radius 2 is 2.15 bits per heavy atom.